The van der Waals surface area contributed by atoms with Crippen LogP contribution in [0.2, 0.25) is 5.02 Å². The van der Waals surface area contributed by atoms with Gasteiger partial charge in [-0.2, -0.15) is 0 Å². The lowest BCUT2D eigenvalue weighted by Gasteiger charge is -2.14. The van der Waals surface area contributed by atoms with E-state index in [1.807, 2.05) is 37.3 Å². The van der Waals surface area contributed by atoms with E-state index < -0.39 is 0 Å². The van der Waals surface area contributed by atoms with Crippen LogP contribution in [0.4, 0.5) is 11.4 Å². The van der Waals surface area contributed by atoms with Gasteiger partial charge in [0.25, 0.3) is 5.91 Å². The number of benzene rings is 3. The van der Waals surface area contributed by atoms with E-state index in [1.165, 1.54) is 0 Å². The summed E-state index contributed by atoms with van der Waals surface area (Å²) < 4.78 is 6.14. The van der Waals surface area contributed by atoms with Gasteiger partial charge in [0.05, 0.1) is 11.4 Å². The van der Waals surface area contributed by atoms with Gasteiger partial charge in [0.2, 0.25) is 0 Å². The fraction of sp³-hybridized carbons (Fsp3) is 0.200. The van der Waals surface area contributed by atoms with E-state index in [9.17, 15) is 4.79 Å². The third kappa shape index (κ3) is 3.83. The second-order valence-electron chi connectivity index (χ2n) is 7.80. The maximum atomic E-state index is 12.4. The topological polar surface area (TPSA) is 50.7 Å². The minimum atomic E-state index is -0.225. The number of ether oxygens (including phenoxy) is 1. The number of aryl methyl sites for hydroxylation is 1. The molecule has 0 aromatic heterocycles. The van der Waals surface area contributed by atoms with Gasteiger partial charge in [-0.05, 0) is 78.9 Å². The highest BCUT2D eigenvalue weighted by atomic mass is 35.5. The minimum Gasteiger partial charge on any atom is -0.457 e. The second kappa shape index (κ2) is 7.96. The summed E-state index contributed by atoms with van der Waals surface area (Å²) >= 11 is 6.17. The van der Waals surface area contributed by atoms with Crippen LogP contribution in [-0.2, 0) is 4.79 Å². The van der Waals surface area contributed by atoms with Gasteiger partial charge >= 0.3 is 0 Å². The lowest BCUT2D eigenvalue weighted by Crippen LogP contribution is -2.13. The van der Waals surface area contributed by atoms with Crippen molar-refractivity contribution in [3.8, 4) is 11.5 Å². The number of hydrogen-bond donors (Lipinski definition) is 1. The molecule has 0 fully saturated rings. The Morgan fingerprint density at radius 1 is 1.00 bits per heavy atom. The van der Waals surface area contributed by atoms with E-state index in [0.717, 1.165) is 39.4 Å². The molecule has 0 aliphatic carbocycles. The smallest absolute Gasteiger partial charge is 0.275 e. The van der Waals surface area contributed by atoms with Crippen LogP contribution in [0.25, 0.3) is 0 Å². The molecule has 0 saturated carbocycles. The molecule has 152 valence electrons. The standard InChI is InChI=1S/C25H23ClN2O2/c1-14(2)19-10-5-15(3)13-22(19)30-18-8-6-17(7-9-18)27-24-20-11-12-21(26)16(4)23(20)28-25(24)29/h5-14H,1-4H3,(H,27,28,29). The van der Waals surface area contributed by atoms with Gasteiger partial charge < -0.3 is 10.1 Å². The van der Waals surface area contributed by atoms with Crippen molar-refractivity contribution < 1.29 is 9.53 Å². The van der Waals surface area contributed by atoms with Crippen molar-refractivity contribution in [1.29, 1.82) is 0 Å². The zero-order valence-electron chi connectivity index (χ0n) is 17.4. The highest BCUT2D eigenvalue weighted by Crippen LogP contribution is 2.34. The van der Waals surface area contributed by atoms with E-state index in [-0.39, 0.29) is 5.91 Å². The molecular formula is C25H23ClN2O2. The van der Waals surface area contributed by atoms with E-state index in [2.05, 4.69) is 49.3 Å². The molecule has 30 heavy (non-hydrogen) atoms. The molecule has 0 bridgehead atoms. The Kier molecular flexibility index (Phi) is 5.35. The van der Waals surface area contributed by atoms with E-state index >= 15 is 0 Å². The highest BCUT2D eigenvalue weighted by molar-refractivity contribution is 6.54. The molecule has 1 amide bonds. The number of nitrogens with one attached hydrogen (secondary N) is 1. The first-order valence-corrected chi connectivity index (χ1v) is 10.3. The minimum absolute atomic E-state index is 0.225. The molecule has 1 N–H and O–H groups in total. The SMILES string of the molecule is Cc1ccc(C(C)C)c(Oc2ccc(N=C3C(=O)Nc4c3ccc(Cl)c4C)cc2)c1. The van der Waals surface area contributed by atoms with Crippen molar-refractivity contribution in [3.63, 3.8) is 0 Å². The summed E-state index contributed by atoms with van der Waals surface area (Å²) in [6, 6.07) is 17.3. The molecule has 3 aromatic carbocycles. The highest BCUT2D eigenvalue weighted by Gasteiger charge is 2.28. The number of halogens is 1. The number of carbonyl (C=O) groups is 1. The predicted octanol–water partition coefficient (Wildman–Crippen LogP) is 6.95. The summed E-state index contributed by atoms with van der Waals surface area (Å²) in [5.41, 5.74) is 5.73. The molecule has 1 heterocycles. The zero-order chi connectivity index (χ0) is 21.4. The van der Waals surface area contributed by atoms with Crippen molar-refractivity contribution >= 4 is 34.6 Å². The van der Waals surface area contributed by atoms with Crippen LogP contribution in [0.5, 0.6) is 11.5 Å². The largest absolute Gasteiger partial charge is 0.457 e. The van der Waals surface area contributed by atoms with Gasteiger partial charge in [0.15, 0.2) is 0 Å². The zero-order valence-corrected chi connectivity index (χ0v) is 18.2. The van der Waals surface area contributed by atoms with E-state index in [4.69, 9.17) is 16.3 Å². The number of carbonyl (C=O) groups excluding carboxylic acids is 1. The fourth-order valence-electron chi connectivity index (χ4n) is 3.50. The molecule has 5 heteroatoms. The van der Waals surface area contributed by atoms with Crippen LogP contribution in [-0.4, -0.2) is 11.6 Å². The quantitative estimate of drug-likeness (QED) is 0.498. The lowest BCUT2D eigenvalue weighted by atomic mass is 10.0. The second-order valence-corrected chi connectivity index (χ2v) is 8.21. The molecule has 1 aliphatic rings. The lowest BCUT2D eigenvalue weighted by molar-refractivity contribution is -0.110. The Labute approximate surface area is 181 Å². The van der Waals surface area contributed by atoms with Gasteiger partial charge in [-0.1, -0.05) is 37.6 Å². The maximum absolute atomic E-state index is 12.4. The Morgan fingerprint density at radius 2 is 1.73 bits per heavy atom. The van der Waals surface area contributed by atoms with Gasteiger partial charge in [-0.3, -0.25) is 4.79 Å². The van der Waals surface area contributed by atoms with Crippen LogP contribution in [0.3, 0.4) is 0 Å². The molecule has 0 unspecified atom stereocenters. The third-order valence-electron chi connectivity index (χ3n) is 5.20. The van der Waals surface area contributed by atoms with Crippen LogP contribution >= 0.6 is 11.6 Å². The van der Waals surface area contributed by atoms with Crippen LogP contribution in [0.15, 0.2) is 59.6 Å². The van der Waals surface area contributed by atoms with Crippen LogP contribution in [0.1, 0.15) is 42.0 Å². The molecule has 3 aromatic rings. The van der Waals surface area contributed by atoms with Gasteiger partial charge in [-0.25, -0.2) is 4.99 Å². The number of amides is 1. The number of aliphatic imine (C=N–C) groups is 1. The maximum Gasteiger partial charge on any atom is 0.275 e. The Balaban J connectivity index is 1.61. The van der Waals surface area contributed by atoms with E-state index in [0.29, 0.717) is 22.3 Å². The molecule has 4 rings (SSSR count). The van der Waals surface area contributed by atoms with Gasteiger partial charge in [0.1, 0.15) is 17.2 Å². The first-order chi connectivity index (χ1) is 14.3. The molecule has 4 nitrogen and oxygen atoms in total. The average molecular weight is 419 g/mol. The predicted molar refractivity (Wildman–Crippen MR) is 123 cm³/mol. The summed E-state index contributed by atoms with van der Waals surface area (Å²) in [7, 11) is 0. The first-order valence-electron chi connectivity index (χ1n) is 9.91. The third-order valence-corrected chi connectivity index (χ3v) is 5.61. The molecule has 0 radical (unpaired) electrons. The summed E-state index contributed by atoms with van der Waals surface area (Å²) in [5, 5.41) is 3.48. The number of hydrogen-bond acceptors (Lipinski definition) is 3. The molecule has 0 spiro atoms. The van der Waals surface area contributed by atoms with Gasteiger partial charge in [-0.15, -0.1) is 0 Å². The van der Waals surface area contributed by atoms with E-state index in [1.54, 1.807) is 6.07 Å². The van der Waals surface area contributed by atoms with Crippen LogP contribution < -0.4 is 10.1 Å². The Hall–Kier alpha value is -3.11. The Morgan fingerprint density at radius 3 is 2.43 bits per heavy atom. The molecule has 0 saturated heterocycles. The summed E-state index contributed by atoms with van der Waals surface area (Å²) in [6.45, 7) is 8.23. The summed E-state index contributed by atoms with van der Waals surface area (Å²) in [4.78, 5) is 17.0. The van der Waals surface area contributed by atoms with Crippen molar-refractivity contribution in [3.05, 3.63) is 81.9 Å². The van der Waals surface area contributed by atoms with Gasteiger partial charge in [0, 0.05) is 10.6 Å². The molecule has 0 atom stereocenters. The molecule has 1 aliphatic heterocycles. The van der Waals surface area contributed by atoms with Crippen molar-refractivity contribution in [2.24, 2.45) is 4.99 Å². The average Bonchev–Trinajstić information content (AvgIpc) is 3.02. The number of anilines is 1. The number of rotatable bonds is 4. The summed E-state index contributed by atoms with van der Waals surface area (Å²) in [6.07, 6.45) is 0. The van der Waals surface area contributed by atoms with Crippen molar-refractivity contribution in [1.82, 2.24) is 0 Å². The Bertz CT molecular complexity index is 1160. The molecular weight excluding hydrogens is 396 g/mol. The normalized spacial score (nSPS) is 14.2. The number of nitrogens with zero attached hydrogens (tertiary/aromatic N) is 1. The van der Waals surface area contributed by atoms with Crippen molar-refractivity contribution in [2.45, 2.75) is 33.6 Å². The first kappa shape index (κ1) is 20.2. The van der Waals surface area contributed by atoms with Crippen LogP contribution in [0, 0.1) is 13.8 Å². The summed E-state index contributed by atoms with van der Waals surface area (Å²) in [5.74, 6) is 1.73. The fourth-order valence-corrected chi connectivity index (χ4v) is 3.66. The monoisotopic (exact) mass is 418 g/mol. The number of fused-ring (bicyclic) bond motifs is 1. The van der Waals surface area contributed by atoms with Crippen molar-refractivity contribution in [2.75, 3.05) is 5.32 Å².